The first-order valence-electron chi connectivity index (χ1n) is 6.92. The molecule has 0 aliphatic carbocycles. The van der Waals surface area contributed by atoms with Gasteiger partial charge in [0.25, 0.3) is 0 Å². The number of hydrogen-bond donors (Lipinski definition) is 3. The first kappa shape index (κ1) is 17.0. The van der Waals surface area contributed by atoms with Gasteiger partial charge in [-0.15, -0.1) is 0 Å². The third-order valence-electron chi connectivity index (χ3n) is 3.21. The number of anilines is 1. The lowest BCUT2D eigenvalue weighted by Crippen LogP contribution is -2.32. The smallest absolute Gasteiger partial charge is 0.335 e. The number of unbranched alkanes of at least 4 members (excludes halogenated alkanes) is 2. The molecule has 21 heavy (non-hydrogen) atoms. The number of aliphatic hydroxyl groups excluding tert-OH is 1. The monoisotopic (exact) mass is 294 g/mol. The van der Waals surface area contributed by atoms with E-state index < -0.39 is 5.97 Å². The first-order valence-corrected chi connectivity index (χ1v) is 6.92. The van der Waals surface area contributed by atoms with Crippen molar-refractivity contribution in [2.45, 2.75) is 26.2 Å². The maximum Gasteiger partial charge on any atom is 0.335 e. The number of nitrogens with one attached hydrogen (secondary N) is 1. The summed E-state index contributed by atoms with van der Waals surface area (Å²) in [5, 5.41) is 20.4. The molecular formula is C15H22N2O4. The quantitative estimate of drug-likeness (QED) is 0.673. The molecule has 0 aliphatic rings. The van der Waals surface area contributed by atoms with Gasteiger partial charge in [-0.2, -0.15) is 0 Å². The summed E-state index contributed by atoms with van der Waals surface area (Å²) in [5.74, 6) is -0.980. The molecule has 0 heterocycles. The Kier molecular flexibility index (Phi) is 6.68. The molecule has 0 saturated heterocycles. The van der Waals surface area contributed by atoms with E-state index in [1.165, 1.54) is 6.07 Å². The minimum absolute atomic E-state index is 0.172. The number of carboxylic acids is 1. The van der Waals surface area contributed by atoms with Gasteiger partial charge >= 0.3 is 12.0 Å². The fraction of sp³-hybridized carbons (Fsp3) is 0.467. The molecule has 0 radical (unpaired) electrons. The molecule has 0 unspecified atom stereocenters. The molecular weight excluding hydrogens is 272 g/mol. The highest BCUT2D eigenvalue weighted by molar-refractivity contribution is 5.92. The van der Waals surface area contributed by atoms with Gasteiger partial charge in [-0.25, -0.2) is 9.59 Å². The van der Waals surface area contributed by atoms with E-state index in [0.29, 0.717) is 17.8 Å². The molecule has 0 fully saturated rings. The summed E-state index contributed by atoms with van der Waals surface area (Å²) in [6, 6.07) is 4.46. The number of amides is 2. The van der Waals surface area contributed by atoms with Gasteiger partial charge in [-0.05, 0) is 49.9 Å². The molecule has 0 saturated carbocycles. The molecule has 0 atom stereocenters. The fourth-order valence-corrected chi connectivity index (χ4v) is 1.94. The molecule has 6 heteroatoms. The van der Waals surface area contributed by atoms with Crippen LogP contribution in [0.15, 0.2) is 18.2 Å². The van der Waals surface area contributed by atoms with Crippen molar-refractivity contribution in [2.24, 2.45) is 0 Å². The molecule has 0 aliphatic heterocycles. The number of benzene rings is 1. The van der Waals surface area contributed by atoms with Crippen LogP contribution in [0.5, 0.6) is 0 Å². The summed E-state index contributed by atoms with van der Waals surface area (Å²) in [6.07, 6.45) is 2.45. The van der Waals surface area contributed by atoms with E-state index in [9.17, 15) is 9.59 Å². The van der Waals surface area contributed by atoms with Gasteiger partial charge in [-0.1, -0.05) is 0 Å². The van der Waals surface area contributed by atoms with E-state index in [2.05, 4.69) is 5.32 Å². The number of carbonyl (C=O) groups excluding carboxylic acids is 1. The lowest BCUT2D eigenvalue weighted by atomic mass is 10.1. The third-order valence-corrected chi connectivity index (χ3v) is 3.21. The van der Waals surface area contributed by atoms with E-state index in [1.807, 2.05) is 0 Å². The SMILES string of the molecule is Cc1cc(NC(=O)N(C)CCCCCO)ccc1C(=O)O. The maximum absolute atomic E-state index is 12.0. The number of aliphatic hydroxyl groups is 1. The highest BCUT2D eigenvalue weighted by Gasteiger charge is 2.11. The average Bonchev–Trinajstić information content (AvgIpc) is 2.43. The van der Waals surface area contributed by atoms with Crippen molar-refractivity contribution < 1.29 is 19.8 Å². The number of aromatic carboxylic acids is 1. The van der Waals surface area contributed by atoms with Crippen LogP contribution in [0.4, 0.5) is 10.5 Å². The molecule has 1 aromatic carbocycles. The van der Waals surface area contributed by atoms with Crippen LogP contribution < -0.4 is 5.32 Å². The molecule has 1 aromatic rings. The summed E-state index contributed by atoms with van der Waals surface area (Å²) in [6.45, 7) is 2.47. The normalized spacial score (nSPS) is 10.2. The predicted octanol–water partition coefficient (Wildman–Crippen LogP) is 2.32. The van der Waals surface area contributed by atoms with Crippen molar-refractivity contribution in [3.05, 3.63) is 29.3 Å². The summed E-state index contributed by atoms with van der Waals surface area (Å²) in [7, 11) is 1.70. The molecule has 0 aromatic heterocycles. The number of rotatable bonds is 7. The van der Waals surface area contributed by atoms with E-state index in [-0.39, 0.29) is 18.2 Å². The topological polar surface area (TPSA) is 89.9 Å². The highest BCUT2D eigenvalue weighted by atomic mass is 16.4. The summed E-state index contributed by atoms with van der Waals surface area (Å²) >= 11 is 0. The van der Waals surface area contributed by atoms with Crippen LogP contribution in [-0.4, -0.2) is 47.3 Å². The van der Waals surface area contributed by atoms with Gasteiger partial charge in [0.05, 0.1) is 5.56 Å². The zero-order chi connectivity index (χ0) is 15.8. The Morgan fingerprint density at radius 3 is 2.52 bits per heavy atom. The molecule has 2 amide bonds. The van der Waals surface area contributed by atoms with Crippen molar-refractivity contribution in [3.63, 3.8) is 0 Å². The van der Waals surface area contributed by atoms with Gasteiger partial charge in [-0.3, -0.25) is 0 Å². The Morgan fingerprint density at radius 1 is 1.24 bits per heavy atom. The van der Waals surface area contributed by atoms with Crippen molar-refractivity contribution in [1.82, 2.24) is 4.90 Å². The number of urea groups is 1. The Labute approximate surface area is 124 Å². The molecule has 0 bridgehead atoms. The second kappa shape index (κ2) is 8.26. The highest BCUT2D eigenvalue weighted by Crippen LogP contribution is 2.15. The minimum atomic E-state index is -0.980. The molecule has 116 valence electrons. The Hall–Kier alpha value is -2.08. The van der Waals surface area contributed by atoms with E-state index in [4.69, 9.17) is 10.2 Å². The number of nitrogens with zero attached hydrogens (tertiary/aromatic N) is 1. The lowest BCUT2D eigenvalue weighted by Gasteiger charge is -2.18. The van der Waals surface area contributed by atoms with Crippen LogP contribution in [-0.2, 0) is 0 Å². The van der Waals surface area contributed by atoms with E-state index in [1.54, 1.807) is 31.0 Å². The van der Waals surface area contributed by atoms with E-state index in [0.717, 1.165) is 19.3 Å². The molecule has 1 rings (SSSR count). The first-order chi connectivity index (χ1) is 9.95. The maximum atomic E-state index is 12.0. The third kappa shape index (κ3) is 5.43. The average molecular weight is 294 g/mol. The molecule has 6 nitrogen and oxygen atoms in total. The van der Waals surface area contributed by atoms with Crippen LogP contribution in [0.3, 0.4) is 0 Å². The van der Waals surface area contributed by atoms with Crippen LogP contribution >= 0.6 is 0 Å². The van der Waals surface area contributed by atoms with Crippen molar-refractivity contribution in [2.75, 3.05) is 25.5 Å². The summed E-state index contributed by atoms with van der Waals surface area (Å²) in [5.41, 5.74) is 1.40. The van der Waals surface area contributed by atoms with Gasteiger partial charge < -0.3 is 20.4 Å². The van der Waals surface area contributed by atoms with Crippen LogP contribution in [0.1, 0.15) is 35.2 Å². The standard InChI is InChI=1S/C15H22N2O4/c1-11-10-12(6-7-13(11)14(19)20)16-15(21)17(2)8-4-3-5-9-18/h6-7,10,18H,3-5,8-9H2,1-2H3,(H,16,21)(H,19,20). The lowest BCUT2D eigenvalue weighted by molar-refractivity contribution is 0.0696. The van der Waals surface area contributed by atoms with Gasteiger partial charge in [0.15, 0.2) is 0 Å². The Bertz CT molecular complexity index is 502. The van der Waals surface area contributed by atoms with Crippen molar-refractivity contribution in [3.8, 4) is 0 Å². The zero-order valence-electron chi connectivity index (χ0n) is 12.4. The second-order valence-electron chi connectivity index (χ2n) is 4.97. The predicted molar refractivity (Wildman–Crippen MR) is 80.7 cm³/mol. The van der Waals surface area contributed by atoms with Crippen molar-refractivity contribution >= 4 is 17.7 Å². The molecule has 3 N–H and O–H groups in total. The fourth-order valence-electron chi connectivity index (χ4n) is 1.94. The largest absolute Gasteiger partial charge is 0.478 e. The minimum Gasteiger partial charge on any atom is -0.478 e. The van der Waals surface area contributed by atoms with Crippen LogP contribution in [0, 0.1) is 6.92 Å². The second-order valence-corrected chi connectivity index (χ2v) is 4.97. The summed E-state index contributed by atoms with van der Waals surface area (Å²) < 4.78 is 0. The van der Waals surface area contributed by atoms with Gasteiger partial charge in [0, 0.05) is 25.9 Å². The number of carboxylic acid groups (broad SMARTS) is 1. The van der Waals surface area contributed by atoms with Crippen LogP contribution in [0.2, 0.25) is 0 Å². The summed E-state index contributed by atoms with van der Waals surface area (Å²) in [4.78, 5) is 24.4. The van der Waals surface area contributed by atoms with Crippen molar-refractivity contribution in [1.29, 1.82) is 0 Å². The Morgan fingerprint density at radius 2 is 1.95 bits per heavy atom. The van der Waals surface area contributed by atoms with Crippen LogP contribution in [0.25, 0.3) is 0 Å². The number of carbonyl (C=O) groups is 2. The van der Waals surface area contributed by atoms with Gasteiger partial charge in [0.1, 0.15) is 0 Å². The number of hydrogen-bond acceptors (Lipinski definition) is 3. The Balaban J connectivity index is 2.54. The van der Waals surface area contributed by atoms with E-state index >= 15 is 0 Å². The zero-order valence-corrected chi connectivity index (χ0v) is 12.4. The number of aryl methyl sites for hydroxylation is 1. The molecule has 0 spiro atoms. The van der Waals surface area contributed by atoms with Gasteiger partial charge in [0.2, 0.25) is 0 Å².